The molecule has 2 heterocycles. The molecule has 0 aromatic carbocycles. The first-order valence-electron chi connectivity index (χ1n) is 6.28. The summed E-state index contributed by atoms with van der Waals surface area (Å²) in [6.45, 7) is 2.71. The Bertz CT molecular complexity index is 581. The van der Waals surface area contributed by atoms with Gasteiger partial charge in [-0.2, -0.15) is 11.8 Å². The number of hydrogen-bond acceptors (Lipinski definition) is 6. The van der Waals surface area contributed by atoms with Gasteiger partial charge in [0.05, 0.1) is 0 Å². The van der Waals surface area contributed by atoms with Crippen LogP contribution in [0.3, 0.4) is 0 Å². The standard InChI is InChI=1S/C12H17NO4S3/c1-2-20(16,17)10-8-18-6-4-13(10)7-9-3-5-19-11(9)12(14)15/h3,5,10H,2,4,6-8H2,1H3,(H,14,15). The van der Waals surface area contributed by atoms with Crippen LogP contribution in [0.5, 0.6) is 0 Å². The molecule has 0 saturated carbocycles. The Hall–Kier alpha value is -0.570. The van der Waals surface area contributed by atoms with Gasteiger partial charge in [-0.1, -0.05) is 6.92 Å². The van der Waals surface area contributed by atoms with E-state index in [2.05, 4.69) is 0 Å². The van der Waals surface area contributed by atoms with E-state index in [4.69, 9.17) is 5.11 Å². The maximum absolute atomic E-state index is 12.1. The van der Waals surface area contributed by atoms with Crippen molar-refractivity contribution in [1.82, 2.24) is 4.90 Å². The molecule has 1 fully saturated rings. The lowest BCUT2D eigenvalue weighted by Crippen LogP contribution is -2.47. The van der Waals surface area contributed by atoms with Crippen molar-refractivity contribution in [1.29, 1.82) is 0 Å². The molecule has 0 amide bonds. The first-order chi connectivity index (χ1) is 9.45. The van der Waals surface area contributed by atoms with E-state index in [0.29, 0.717) is 29.3 Å². The second kappa shape index (κ2) is 6.46. The highest BCUT2D eigenvalue weighted by atomic mass is 32.2. The topological polar surface area (TPSA) is 74.7 Å². The second-order valence-corrected chi connectivity index (χ2v) is 9.04. The van der Waals surface area contributed by atoms with Crippen LogP contribution in [0.4, 0.5) is 0 Å². The van der Waals surface area contributed by atoms with Crippen LogP contribution in [-0.4, -0.2) is 53.6 Å². The molecule has 1 N–H and O–H groups in total. The lowest BCUT2D eigenvalue weighted by molar-refractivity contribution is 0.0700. The van der Waals surface area contributed by atoms with Gasteiger partial charge in [-0.05, 0) is 17.0 Å². The summed E-state index contributed by atoms with van der Waals surface area (Å²) in [6.07, 6.45) is 0. The summed E-state index contributed by atoms with van der Waals surface area (Å²) in [5.41, 5.74) is 0.700. The molecule has 5 nitrogen and oxygen atoms in total. The van der Waals surface area contributed by atoms with Gasteiger partial charge in [0.1, 0.15) is 10.3 Å². The zero-order valence-corrected chi connectivity index (χ0v) is 13.6. The van der Waals surface area contributed by atoms with Gasteiger partial charge in [-0.3, -0.25) is 4.90 Å². The van der Waals surface area contributed by atoms with Crippen LogP contribution in [0.2, 0.25) is 0 Å². The van der Waals surface area contributed by atoms with Crippen LogP contribution >= 0.6 is 23.1 Å². The monoisotopic (exact) mass is 335 g/mol. The number of carboxylic acid groups (broad SMARTS) is 1. The molecule has 1 unspecified atom stereocenters. The Morgan fingerprint density at radius 1 is 1.55 bits per heavy atom. The van der Waals surface area contributed by atoms with E-state index < -0.39 is 21.2 Å². The van der Waals surface area contributed by atoms with Gasteiger partial charge in [0, 0.05) is 30.3 Å². The summed E-state index contributed by atoms with van der Waals surface area (Å²) in [7, 11) is -3.15. The summed E-state index contributed by atoms with van der Waals surface area (Å²) < 4.78 is 24.3. The van der Waals surface area contributed by atoms with Crippen molar-refractivity contribution >= 4 is 38.9 Å². The maximum Gasteiger partial charge on any atom is 0.346 e. The summed E-state index contributed by atoms with van der Waals surface area (Å²) in [5.74, 6) is 0.603. The van der Waals surface area contributed by atoms with Gasteiger partial charge in [-0.15, -0.1) is 11.3 Å². The molecule has 0 radical (unpaired) electrons. The Morgan fingerprint density at radius 2 is 2.30 bits per heavy atom. The quantitative estimate of drug-likeness (QED) is 0.884. The molecule has 2 rings (SSSR count). The molecular formula is C12H17NO4S3. The second-order valence-electron chi connectivity index (χ2n) is 4.53. The van der Waals surface area contributed by atoms with Gasteiger partial charge in [0.2, 0.25) is 0 Å². The maximum atomic E-state index is 12.1. The first kappa shape index (κ1) is 15.8. The highest BCUT2D eigenvalue weighted by Gasteiger charge is 2.33. The molecular weight excluding hydrogens is 318 g/mol. The van der Waals surface area contributed by atoms with Gasteiger partial charge in [-0.25, -0.2) is 13.2 Å². The number of carbonyl (C=O) groups is 1. The number of carboxylic acids is 1. The fourth-order valence-corrected chi connectivity index (χ4v) is 6.02. The van der Waals surface area contributed by atoms with Crippen molar-refractivity contribution < 1.29 is 18.3 Å². The van der Waals surface area contributed by atoms with Crippen LogP contribution in [0.25, 0.3) is 0 Å². The zero-order chi connectivity index (χ0) is 14.8. The predicted octanol–water partition coefficient (Wildman–Crippen LogP) is 1.76. The first-order valence-corrected chi connectivity index (χ1v) is 10.0. The molecule has 8 heteroatoms. The molecule has 0 bridgehead atoms. The Balaban J connectivity index is 2.21. The van der Waals surface area contributed by atoms with Crippen molar-refractivity contribution in [2.75, 3.05) is 23.8 Å². The van der Waals surface area contributed by atoms with Crippen molar-refractivity contribution in [3.05, 3.63) is 21.9 Å². The SMILES string of the molecule is CCS(=O)(=O)C1CSCCN1Cc1ccsc1C(=O)O. The lowest BCUT2D eigenvalue weighted by atomic mass is 10.2. The zero-order valence-electron chi connectivity index (χ0n) is 11.1. The van der Waals surface area contributed by atoms with Crippen LogP contribution in [0.1, 0.15) is 22.2 Å². The Labute approximate surface area is 126 Å². The summed E-state index contributed by atoms with van der Waals surface area (Å²) >= 11 is 2.82. The van der Waals surface area contributed by atoms with E-state index in [9.17, 15) is 13.2 Å². The average molecular weight is 335 g/mol. The molecule has 0 aliphatic carbocycles. The molecule has 1 aliphatic rings. The lowest BCUT2D eigenvalue weighted by Gasteiger charge is -2.34. The molecule has 1 atom stereocenters. The molecule has 1 aromatic rings. The number of rotatable bonds is 5. The summed E-state index contributed by atoms with van der Waals surface area (Å²) in [5, 5.41) is 10.4. The van der Waals surface area contributed by atoms with Crippen molar-refractivity contribution in [3.63, 3.8) is 0 Å². The van der Waals surface area contributed by atoms with Gasteiger partial charge < -0.3 is 5.11 Å². The molecule has 1 saturated heterocycles. The minimum Gasteiger partial charge on any atom is -0.477 e. The van der Waals surface area contributed by atoms with Gasteiger partial charge in [0.25, 0.3) is 0 Å². The molecule has 1 aliphatic heterocycles. The number of nitrogens with zero attached hydrogens (tertiary/aromatic N) is 1. The minimum absolute atomic E-state index is 0.115. The van der Waals surface area contributed by atoms with E-state index in [1.165, 1.54) is 11.3 Å². The third-order valence-electron chi connectivity index (χ3n) is 3.32. The van der Waals surface area contributed by atoms with E-state index in [1.807, 2.05) is 4.90 Å². The van der Waals surface area contributed by atoms with Crippen LogP contribution < -0.4 is 0 Å². The smallest absolute Gasteiger partial charge is 0.346 e. The summed E-state index contributed by atoms with van der Waals surface area (Å²) in [4.78, 5) is 13.3. The van der Waals surface area contributed by atoms with Crippen LogP contribution in [0.15, 0.2) is 11.4 Å². The van der Waals surface area contributed by atoms with Crippen molar-refractivity contribution in [2.45, 2.75) is 18.8 Å². The Morgan fingerprint density at radius 3 is 2.95 bits per heavy atom. The number of thioether (sulfide) groups is 1. The largest absolute Gasteiger partial charge is 0.477 e. The molecule has 1 aromatic heterocycles. The fourth-order valence-electron chi connectivity index (χ4n) is 2.19. The Kier molecular flexibility index (Phi) is 5.11. The normalized spacial score (nSPS) is 20.9. The minimum atomic E-state index is -3.15. The van der Waals surface area contributed by atoms with E-state index in [-0.39, 0.29) is 5.75 Å². The van der Waals surface area contributed by atoms with Crippen molar-refractivity contribution in [3.8, 4) is 0 Å². The van der Waals surface area contributed by atoms with E-state index >= 15 is 0 Å². The fraction of sp³-hybridized carbons (Fsp3) is 0.583. The summed E-state index contributed by atoms with van der Waals surface area (Å²) in [6, 6.07) is 1.77. The highest BCUT2D eigenvalue weighted by molar-refractivity contribution is 8.01. The number of sulfone groups is 1. The van der Waals surface area contributed by atoms with Crippen LogP contribution in [0, 0.1) is 0 Å². The molecule has 112 valence electrons. The van der Waals surface area contributed by atoms with Gasteiger partial charge >= 0.3 is 5.97 Å². The van der Waals surface area contributed by atoms with Crippen LogP contribution in [-0.2, 0) is 16.4 Å². The van der Waals surface area contributed by atoms with E-state index in [0.717, 1.165) is 5.75 Å². The van der Waals surface area contributed by atoms with Gasteiger partial charge in [0.15, 0.2) is 9.84 Å². The average Bonchev–Trinajstić information content (AvgIpc) is 2.87. The third kappa shape index (κ3) is 3.36. The van der Waals surface area contributed by atoms with Crippen molar-refractivity contribution in [2.24, 2.45) is 0 Å². The number of hydrogen-bond donors (Lipinski definition) is 1. The molecule has 0 spiro atoms. The highest BCUT2D eigenvalue weighted by Crippen LogP contribution is 2.26. The number of aromatic carboxylic acids is 1. The molecule has 20 heavy (non-hydrogen) atoms. The predicted molar refractivity (Wildman–Crippen MR) is 82.3 cm³/mol. The number of thiophene rings is 1. The van der Waals surface area contributed by atoms with E-state index in [1.54, 1.807) is 30.1 Å². The third-order valence-corrected chi connectivity index (χ3v) is 7.60.